The van der Waals surface area contributed by atoms with E-state index in [1.807, 2.05) is 0 Å². The molecule has 0 radical (unpaired) electrons. The molecule has 0 atom stereocenters. The summed E-state index contributed by atoms with van der Waals surface area (Å²) in [5, 5.41) is 2.80. The number of esters is 1. The van der Waals surface area contributed by atoms with Crippen molar-refractivity contribution in [2.45, 2.75) is 6.92 Å². The van der Waals surface area contributed by atoms with Crippen LogP contribution in [-0.2, 0) is 9.53 Å². The van der Waals surface area contributed by atoms with Crippen LogP contribution >= 0.6 is 0 Å². The number of anilines is 1. The predicted molar refractivity (Wildman–Crippen MR) is 105 cm³/mol. The molecule has 0 aliphatic carbocycles. The van der Waals surface area contributed by atoms with Crippen LogP contribution in [0.25, 0.3) is 11.6 Å². The molecule has 3 rings (SSSR count). The van der Waals surface area contributed by atoms with Gasteiger partial charge in [0.15, 0.2) is 11.5 Å². The maximum Gasteiger partial charge on any atom is 0.338 e. The van der Waals surface area contributed by atoms with Crippen molar-refractivity contribution in [1.82, 2.24) is 0 Å². The first-order valence-electron chi connectivity index (χ1n) is 8.67. The monoisotopic (exact) mass is 383 g/mol. The Hall–Kier alpha value is -3.48. The molecule has 0 aromatic heterocycles. The third kappa shape index (κ3) is 3.51. The lowest BCUT2D eigenvalue weighted by Gasteiger charge is -2.13. The molecule has 7 heteroatoms. The van der Waals surface area contributed by atoms with E-state index in [1.54, 1.807) is 43.3 Å². The molecule has 0 spiro atoms. The number of hydrogen-bond donors (Lipinski definition) is 1. The van der Waals surface area contributed by atoms with E-state index in [1.165, 1.54) is 21.3 Å². The van der Waals surface area contributed by atoms with Gasteiger partial charge < -0.3 is 24.3 Å². The van der Waals surface area contributed by atoms with Crippen LogP contribution in [0.3, 0.4) is 0 Å². The number of hydrogen-bond acceptors (Lipinski definition) is 6. The highest BCUT2D eigenvalue weighted by Gasteiger charge is 2.26. The van der Waals surface area contributed by atoms with Gasteiger partial charge in [-0.25, -0.2) is 4.79 Å². The highest BCUT2D eigenvalue weighted by molar-refractivity contribution is 6.35. The Morgan fingerprint density at radius 2 is 1.71 bits per heavy atom. The molecule has 1 N–H and O–H groups in total. The Morgan fingerprint density at radius 3 is 2.29 bits per heavy atom. The summed E-state index contributed by atoms with van der Waals surface area (Å²) in [5.41, 5.74) is 2.76. The molecule has 0 fully saturated rings. The number of nitrogens with one attached hydrogen (secondary N) is 1. The lowest BCUT2D eigenvalue weighted by Crippen LogP contribution is -2.04. The topological polar surface area (TPSA) is 83.1 Å². The Bertz CT molecular complexity index is 938. The minimum Gasteiger partial charge on any atom is -0.493 e. The Labute approximate surface area is 162 Å². The Morgan fingerprint density at radius 1 is 1.04 bits per heavy atom. The summed E-state index contributed by atoms with van der Waals surface area (Å²) in [7, 11) is 4.57. The lowest BCUT2D eigenvalue weighted by molar-refractivity contribution is -0.110. The van der Waals surface area contributed by atoms with E-state index < -0.39 is 5.97 Å². The van der Waals surface area contributed by atoms with E-state index in [0.29, 0.717) is 45.2 Å². The van der Waals surface area contributed by atoms with Crippen LogP contribution in [0.1, 0.15) is 28.4 Å². The third-order valence-electron chi connectivity index (χ3n) is 4.31. The van der Waals surface area contributed by atoms with E-state index in [-0.39, 0.29) is 12.5 Å². The number of amides is 1. The molecule has 1 amide bonds. The fraction of sp³-hybridized carbons (Fsp3) is 0.238. The number of carbonyl (C=O) groups excluding carboxylic acids is 2. The van der Waals surface area contributed by atoms with Gasteiger partial charge in [-0.05, 0) is 48.9 Å². The van der Waals surface area contributed by atoms with Crippen LogP contribution in [0.5, 0.6) is 17.2 Å². The molecule has 2 aromatic carbocycles. The van der Waals surface area contributed by atoms with Crippen molar-refractivity contribution in [2.24, 2.45) is 0 Å². The molecule has 0 saturated carbocycles. The van der Waals surface area contributed by atoms with Crippen molar-refractivity contribution in [2.75, 3.05) is 33.3 Å². The normalized spacial score (nSPS) is 13.7. The molecule has 146 valence electrons. The first kappa shape index (κ1) is 19.3. The zero-order valence-electron chi connectivity index (χ0n) is 16.1. The summed E-state index contributed by atoms with van der Waals surface area (Å²) in [5.74, 6) is 0.731. The molecular weight excluding hydrogens is 362 g/mol. The fourth-order valence-electron chi connectivity index (χ4n) is 3.02. The molecule has 1 aliphatic rings. The van der Waals surface area contributed by atoms with Crippen LogP contribution in [0.2, 0.25) is 0 Å². The third-order valence-corrected chi connectivity index (χ3v) is 4.31. The predicted octanol–water partition coefficient (Wildman–Crippen LogP) is 3.38. The van der Waals surface area contributed by atoms with Crippen molar-refractivity contribution in [3.05, 3.63) is 47.0 Å². The van der Waals surface area contributed by atoms with Gasteiger partial charge in [0.25, 0.3) is 5.91 Å². The van der Waals surface area contributed by atoms with E-state index in [9.17, 15) is 9.59 Å². The zero-order chi connectivity index (χ0) is 20.3. The van der Waals surface area contributed by atoms with Crippen LogP contribution in [-0.4, -0.2) is 39.8 Å². The first-order valence-corrected chi connectivity index (χ1v) is 8.67. The summed E-state index contributed by atoms with van der Waals surface area (Å²) in [6.07, 6.45) is 1.71. The largest absolute Gasteiger partial charge is 0.493 e. The van der Waals surface area contributed by atoms with Crippen molar-refractivity contribution in [1.29, 1.82) is 0 Å². The second kappa shape index (κ2) is 8.04. The highest BCUT2D eigenvalue weighted by atomic mass is 16.5. The maximum atomic E-state index is 12.5. The second-order valence-corrected chi connectivity index (χ2v) is 5.95. The summed E-state index contributed by atoms with van der Waals surface area (Å²) in [6, 6.07) is 8.45. The number of ether oxygens (including phenoxy) is 4. The van der Waals surface area contributed by atoms with Crippen molar-refractivity contribution < 1.29 is 28.5 Å². The summed E-state index contributed by atoms with van der Waals surface area (Å²) >= 11 is 0. The van der Waals surface area contributed by atoms with Gasteiger partial charge >= 0.3 is 5.97 Å². The van der Waals surface area contributed by atoms with Gasteiger partial charge in [-0.1, -0.05) is 0 Å². The molecule has 28 heavy (non-hydrogen) atoms. The van der Waals surface area contributed by atoms with Gasteiger partial charge in [0.1, 0.15) is 0 Å². The number of rotatable bonds is 6. The van der Waals surface area contributed by atoms with Gasteiger partial charge in [-0.2, -0.15) is 0 Å². The van der Waals surface area contributed by atoms with Crippen molar-refractivity contribution in [3.63, 3.8) is 0 Å². The zero-order valence-corrected chi connectivity index (χ0v) is 16.1. The van der Waals surface area contributed by atoms with E-state index in [0.717, 1.165) is 0 Å². The maximum absolute atomic E-state index is 12.5. The number of methoxy groups -OCH3 is 3. The minimum absolute atomic E-state index is 0.259. The van der Waals surface area contributed by atoms with Crippen LogP contribution in [0, 0.1) is 0 Å². The summed E-state index contributed by atoms with van der Waals surface area (Å²) in [4.78, 5) is 24.5. The fourth-order valence-corrected chi connectivity index (χ4v) is 3.02. The van der Waals surface area contributed by atoms with E-state index in [2.05, 4.69) is 5.32 Å². The van der Waals surface area contributed by atoms with Gasteiger partial charge in [0.05, 0.1) is 33.5 Å². The summed E-state index contributed by atoms with van der Waals surface area (Å²) in [6.45, 7) is 2.02. The Kier molecular flexibility index (Phi) is 5.54. The summed E-state index contributed by atoms with van der Waals surface area (Å²) < 4.78 is 21.1. The molecule has 2 aromatic rings. The number of carbonyl (C=O) groups is 2. The van der Waals surface area contributed by atoms with Crippen molar-refractivity contribution >= 4 is 29.2 Å². The van der Waals surface area contributed by atoms with Gasteiger partial charge in [-0.3, -0.25) is 4.79 Å². The molecule has 0 saturated heterocycles. The smallest absolute Gasteiger partial charge is 0.338 e. The first-order chi connectivity index (χ1) is 13.5. The van der Waals surface area contributed by atoms with Crippen LogP contribution in [0.15, 0.2) is 30.3 Å². The molecule has 7 nitrogen and oxygen atoms in total. The van der Waals surface area contributed by atoms with E-state index >= 15 is 0 Å². The van der Waals surface area contributed by atoms with Gasteiger partial charge in [-0.15, -0.1) is 0 Å². The molecule has 1 heterocycles. The number of benzene rings is 2. The van der Waals surface area contributed by atoms with Gasteiger partial charge in [0.2, 0.25) is 5.75 Å². The van der Waals surface area contributed by atoms with E-state index in [4.69, 9.17) is 18.9 Å². The van der Waals surface area contributed by atoms with Crippen LogP contribution < -0.4 is 19.5 Å². The number of fused-ring (bicyclic) bond motifs is 1. The van der Waals surface area contributed by atoms with Crippen molar-refractivity contribution in [3.8, 4) is 17.2 Å². The second-order valence-electron chi connectivity index (χ2n) is 5.95. The SMILES string of the molecule is CCOC(=O)c1ccc2c(c1)C(=Cc1cc(OC)c(OC)c(OC)c1)C(=O)N2. The average Bonchev–Trinajstić information content (AvgIpc) is 3.01. The van der Waals surface area contributed by atoms with Gasteiger partial charge in [0, 0.05) is 16.8 Å². The minimum atomic E-state index is -0.434. The quantitative estimate of drug-likeness (QED) is 0.608. The molecule has 0 unspecified atom stereocenters. The molecule has 0 bridgehead atoms. The standard InChI is InChI=1S/C21H21NO6/c1-5-28-21(24)13-6-7-16-14(11-13)15(20(23)22-16)8-12-9-17(25-2)19(27-4)18(10-12)26-3/h6-11H,5H2,1-4H3,(H,22,23). The highest BCUT2D eigenvalue weighted by Crippen LogP contribution is 2.40. The Balaban J connectivity index is 2.08. The lowest BCUT2D eigenvalue weighted by atomic mass is 10.0. The van der Waals surface area contributed by atoms with Crippen LogP contribution in [0.4, 0.5) is 5.69 Å². The molecular formula is C21H21NO6. The molecule has 1 aliphatic heterocycles. The average molecular weight is 383 g/mol.